The van der Waals surface area contributed by atoms with Crippen molar-refractivity contribution < 1.29 is 117 Å². The van der Waals surface area contributed by atoms with Crippen molar-refractivity contribution in [3.8, 4) is 0 Å². The maximum absolute atomic E-state index is 13.1. The van der Waals surface area contributed by atoms with Gasteiger partial charge in [0.05, 0.1) is 0 Å². The Morgan fingerprint density at radius 3 is 1.27 bits per heavy atom. The standard InChI is InChI=1S/C9H8F12O3S.K/c1-2-3-4(10,11)5(12,13)6(14,15)7(16,17)8(18,19)9(20,21)25(22,23)24;/h2-3H2,1H3,(H,22,23,24);/q;+1/p-1. The quantitative estimate of drug-likeness (QED) is 0.309. The van der Waals surface area contributed by atoms with Crippen LogP contribution in [0.4, 0.5) is 52.7 Å². The molecule has 0 unspecified atom stereocenters. The van der Waals surface area contributed by atoms with Gasteiger partial charge in [-0.05, 0) is 0 Å². The average molecular weight is 462 g/mol. The molecule has 0 rings (SSSR count). The first-order valence-electron chi connectivity index (χ1n) is 5.78. The Balaban J connectivity index is 0. The number of hydrogen-bond acceptors (Lipinski definition) is 3. The van der Waals surface area contributed by atoms with Crippen molar-refractivity contribution in [2.45, 2.75) is 54.6 Å². The summed E-state index contributed by atoms with van der Waals surface area (Å²) in [5, 5.41) is -7.51. The molecule has 0 fully saturated rings. The van der Waals surface area contributed by atoms with Gasteiger partial charge in [-0.3, -0.25) is 0 Å². The second-order valence-corrected chi connectivity index (χ2v) is 6.14. The van der Waals surface area contributed by atoms with Crippen molar-refractivity contribution in [3.05, 3.63) is 0 Å². The molecule has 0 aromatic rings. The summed E-state index contributed by atoms with van der Waals surface area (Å²) in [5.41, 5.74) is 0. The summed E-state index contributed by atoms with van der Waals surface area (Å²) in [7, 11) is -7.77. The van der Waals surface area contributed by atoms with E-state index in [4.69, 9.17) is 0 Å². The number of halogens is 12. The molecular weight excluding hydrogens is 455 g/mol. The predicted molar refractivity (Wildman–Crippen MR) is 54.3 cm³/mol. The first kappa shape index (κ1) is 28.9. The maximum Gasteiger partial charge on any atom is 1.00 e. The molecule has 0 aromatic heterocycles. The molecule has 0 bridgehead atoms. The smallest absolute Gasteiger partial charge is 0.743 e. The summed E-state index contributed by atoms with van der Waals surface area (Å²) < 4.78 is 186. The minimum atomic E-state index is -8.05. The number of hydrogen-bond donors (Lipinski definition) is 0. The van der Waals surface area contributed by atoms with E-state index in [1.165, 1.54) is 0 Å². The summed E-state index contributed by atoms with van der Waals surface area (Å²) in [4.78, 5) is 0. The fraction of sp³-hybridized carbons (Fsp3) is 1.00. The van der Waals surface area contributed by atoms with Gasteiger partial charge in [-0.2, -0.15) is 52.7 Å². The Hall–Kier alpha value is 0.706. The Morgan fingerprint density at radius 2 is 1.00 bits per heavy atom. The minimum absolute atomic E-state index is 0. The summed E-state index contributed by atoms with van der Waals surface area (Å²) in [5.74, 6) is -37.2. The van der Waals surface area contributed by atoms with Gasteiger partial charge in [-0.25, -0.2) is 8.42 Å². The van der Waals surface area contributed by atoms with E-state index in [9.17, 15) is 65.7 Å². The molecule has 3 nitrogen and oxygen atoms in total. The van der Waals surface area contributed by atoms with Gasteiger partial charge in [0.25, 0.3) is 0 Å². The third-order valence-corrected chi connectivity index (χ3v) is 3.77. The molecule has 0 N–H and O–H groups in total. The van der Waals surface area contributed by atoms with Crippen LogP contribution in [-0.2, 0) is 10.1 Å². The van der Waals surface area contributed by atoms with Crippen LogP contribution in [0, 0.1) is 0 Å². The van der Waals surface area contributed by atoms with E-state index < -0.39 is 57.8 Å². The second-order valence-electron chi connectivity index (χ2n) is 4.72. The SMILES string of the molecule is CCCC(F)(F)C(F)(F)C(F)(F)C(F)(F)C(F)(F)C(F)(F)S(=O)(=O)[O-].[K+]. The van der Waals surface area contributed by atoms with E-state index in [-0.39, 0.29) is 51.4 Å². The van der Waals surface area contributed by atoms with Gasteiger partial charge >= 0.3 is 86.3 Å². The topological polar surface area (TPSA) is 57.2 Å². The van der Waals surface area contributed by atoms with Crippen LogP contribution in [0.1, 0.15) is 19.8 Å². The molecule has 0 spiro atoms. The van der Waals surface area contributed by atoms with Crippen LogP contribution in [-0.4, -0.2) is 47.8 Å². The van der Waals surface area contributed by atoms with Gasteiger partial charge in [0.15, 0.2) is 10.1 Å². The monoisotopic (exact) mass is 462 g/mol. The third kappa shape index (κ3) is 4.03. The van der Waals surface area contributed by atoms with Crippen molar-refractivity contribution in [2.24, 2.45) is 0 Å². The van der Waals surface area contributed by atoms with Gasteiger partial charge in [-0.15, -0.1) is 0 Å². The summed E-state index contributed by atoms with van der Waals surface area (Å²) in [6.45, 7) is 0.688. The van der Waals surface area contributed by atoms with E-state index in [0.717, 1.165) is 0 Å². The first-order valence-corrected chi connectivity index (χ1v) is 7.19. The van der Waals surface area contributed by atoms with Gasteiger partial charge in [0.2, 0.25) is 0 Å². The molecule has 0 saturated carbocycles. The molecular formula is C9H7F12KO3S. The Labute approximate surface area is 180 Å². The molecule has 0 aliphatic carbocycles. The van der Waals surface area contributed by atoms with Crippen LogP contribution in [0.15, 0.2) is 0 Å². The van der Waals surface area contributed by atoms with Gasteiger partial charge in [0, 0.05) is 6.42 Å². The molecule has 0 aromatic carbocycles. The maximum atomic E-state index is 13.1. The van der Waals surface area contributed by atoms with E-state index in [1.54, 1.807) is 0 Å². The van der Waals surface area contributed by atoms with Crippen molar-refractivity contribution in [3.63, 3.8) is 0 Å². The van der Waals surface area contributed by atoms with E-state index in [1.807, 2.05) is 0 Å². The molecule has 0 saturated heterocycles. The Bertz CT molecular complexity index is 603. The summed E-state index contributed by atoms with van der Waals surface area (Å²) in [6.07, 6.45) is -3.26. The van der Waals surface area contributed by atoms with E-state index >= 15 is 0 Å². The molecule has 0 atom stereocenters. The summed E-state index contributed by atoms with van der Waals surface area (Å²) >= 11 is 0. The van der Waals surface area contributed by atoms with Crippen LogP contribution in [0.5, 0.6) is 0 Å². The fourth-order valence-electron chi connectivity index (χ4n) is 1.43. The molecule has 152 valence electrons. The van der Waals surface area contributed by atoms with Crippen LogP contribution < -0.4 is 51.4 Å². The van der Waals surface area contributed by atoms with E-state index in [2.05, 4.69) is 0 Å². The number of alkyl halides is 12. The van der Waals surface area contributed by atoms with E-state index in [0.29, 0.717) is 6.92 Å². The summed E-state index contributed by atoms with van der Waals surface area (Å²) in [6, 6.07) is 0. The fourth-order valence-corrected chi connectivity index (χ4v) is 1.88. The van der Waals surface area contributed by atoms with Crippen molar-refractivity contribution >= 4 is 10.1 Å². The zero-order chi connectivity index (χ0) is 20.9. The van der Waals surface area contributed by atoms with Gasteiger partial charge in [-0.1, -0.05) is 13.3 Å². The Morgan fingerprint density at radius 1 is 0.692 bits per heavy atom. The molecule has 0 heterocycles. The Kier molecular flexibility index (Phi) is 8.73. The molecule has 0 radical (unpaired) electrons. The predicted octanol–water partition coefficient (Wildman–Crippen LogP) is 1.11. The second kappa shape index (κ2) is 7.85. The third-order valence-electron chi connectivity index (χ3n) is 2.89. The van der Waals surface area contributed by atoms with Crippen molar-refractivity contribution in [1.82, 2.24) is 0 Å². The molecule has 0 amide bonds. The van der Waals surface area contributed by atoms with Gasteiger partial charge < -0.3 is 4.55 Å². The zero-order valence-corrected chi connectivity index (χ0v) is 16.5. The van der Waals surface area contributed by atoms with Crippen molar-refractivity contribution in [1.29, 1.82) is 0 Å². The van der Waals surface area contributed by atoms with Crippen LogP contribution in [0.3, 0.4) is 0 Å². The largest absolute Gasteiger partial charge is 1.00 e. The molecule has 17 heteroatoms. The first-order chi connectivity index (χ1) is 10.6. The zero-order valence-electron chi connectivity index (χ0n) is 12.6. The average Bonchev–Trinajstić information content (AvgIpc) is 2.35. The number of rotatable bonds is 8. The van der Waals surface area contributed by atoms with Crippen molar-refractivity contribution in [2.75, 3.05) is 0 Å². The van der Waals surface area contributed by atoms with Gasteiger partial charge in [0.1, 0.15) is 0 Å². The minimum Gasteiger partial charge on any atom is -0.743 e. The normalized spacial score (nSPS) is 15.6. The van der Waals surface area contributed by atoms with Crippen LogP contribution in [0.2, 0.25) is 0 Å². The molecule has 0 aliphatic heterocycles. The van der Waals surface area contributed by atoms with Crippen LogP contribution in [0.25, 0.3) is 0 Å². The molecule has 26 heavy (non-hydrogen) atoms. The van der Waals surface area contributed by atoms with Crippen LogP contribution >= 0.6 is 0 Å². The molecule has 0 aliphatic rings.